The molecule has 0 aliphatic rings. The molecule has 1 aromatic rings. The van der Waals surface area contributed by atoms with Gasteiger partial charge >= 0.3 is 5.97 Å². The van der Waals surface area contributed by atoms with E-state index in [-0.39, 0.29) is 5.69 Å². The molecule has 15 heavy (non-hydrogen) atoms. The minimum Gasteiger partial charge on any atom is -0.492 e. The first-order valence-electron chi connectivity index (χ1n) is 4.56. The van der Waals surface area contributed by atoms with E-state index in [1.165, 1.54) is 7.11 Å². The molecule has 4 heteroatoms. The fourth-order valence-electron chi connectivity index (χ4n) is 1.06. The van der Waals surface area contributed by atoms with E-state index in [2.05, 4.69) is 16.3 Å². The molecule has 0 saturated heterocycles. The lowest BCUT2D eigenvalue weighted by molar-refractivity contribution is 0.0594. The van der Waals surface area contributed by atoms with E-state index >= 15 is 0 Å². The number of carbonyl (C=O) groups excluding carboxylic acids is 1. The van der Waals surface area contributed by atoms with Crippen LogP contribution in [0.5, 0.6) is 0 Å². The van der Waals surface area contributed by atoms with Gasteiger partial charge in [-0.25, -0.2) is 9.78 Å². The lowest BCUT2D eigenvalue weighted by Gasteiger charge is -2.06. The normalized spacial score (nSPS) is 9.47. The van der Waals surface area contributed by atoms with Crippen LogP contribution in [0.15, 0.2) is 24.8 Å². The lowest BCUT2D eigenvalue weighted by Crippen LogP contribution is -2.06. The van der Waals surface area contributed by atoms with Gasteiger partial charge in [-0.15, -0.1) is 0 Å². The maximum atomic E-state index is 11.2. The van der Waals surface area contributed by atoms with Crippen LogP contribution in [0.25, 0.3) is 5.76 Å². The van der Waals surface area contributed by atoms with E-state index in [0.717, 1.165) is 0 Å². The molecule has 1 aromatic heterocycles. The third-order valence-electron chi connectivity index (χ3n) is 1.75. The van der Waals surface area contributed by atoms with E-state index < -0.39 is 5.97 Å². The van der Waals surface area contributed by atoms with Crippen LogP contribution >= 0.6 is 0 Å². The highest BCUT2D eigenvalue weighted by Crippen LogP contribution is 2.11. The molecule has 0 aliphatic heterocycles. The van der Waals surface area contributed by atoms with Gasteiger partial charge in [-0.05, 0) is 19.1 Å². The van der Waals surface area contributed by atoms with Gasteiger partial charge in [-0.1, -0.05) is 12.6 Å². The number of pyridine rings is 1. The van der Waals surface area contributed by atoms with Gasteiger partial charge in [0.1, 0.15) is 17.1 Å². The molecule has 4 nitrogen and oxygen atoms in total. The molecule has 0 aromatic carbocycles. The third-order valence-corrected chi connectivity index (χ3v) is 1.75. The Hall–Kier alpha value is -1.84. The predicted molar refractivity (Wildman–Crippen MR) is 56.2 cm³/mol. The van der Waals surface area contributed by atoms with Crippen LogP contribution in [0.2, 0.25) is 0 Å². The molecular formula is C11H13NO3. The zero-order valence-electron chi connectivity index (χ0n) is 8.82. The highest BCUT2D eigenvalue weighted by atomic mass is 16.5. The smallest absolute Gasteiger partial charge is 0.356 e. The fraction of sp³-hybridized carbons (Fsp3) is 0.273. The number of nitrogens with zero attached hydrogens (tertiary/aromatic N) is 1. The summed E-state index contributed by atoms with van der Waals surface area (Å²) in [5, 5.41) is 0. The average Bonchev–Trinajstić information content (AvgIpc) is 2.28. The van der Waals surface area contributed by atoms with Crippen LogP contribution in [0, 0.1) is 0 Å². The number of methoxy groups -OCH3 is 1. The van der Waals surface area contributed by atoms with E-state index in [1.807, 2.05) is 6.92 Å². The summed E-state index contributed by atoms with van der Waals surface area (Å²) in [5.41, 5.74) is 0.788. The Labute approximate surface area is 88.5 Å². The first-order chi connectivity index (χ1) is 7.19. The molecule has 1 heterocycles. The van der Waals surface area contributed by atoms with Crippen molar-refractivity contribution in [3.63, 3.8) is 0 Å². The molecule has 0 unspecified atom stereocenters. The first-order valence-corrected chi connectivity index (χ1v) is 4.56. The second-order valence-electron chi connectivity index (χ2n) is 2.76. The number of hydrogen-bond donors (Lipinski definition) is 0. The molecule has 0 atom stereocenters. The van der Waals surface area contributed by atoms with Gasteiger partial charge in [-0.3, -0.25) is 0 Å². The van der Waals surface area contributed by atoms with Crippen molar-refractivity contribution in [3.8, 4) is 0 Å². The topological polar surface area (TPSA) is 48.4 Å². The first kappa shape index (κ1) is 11.2. The van der Waals surface area contributed by atoms with Gasteiger partial charge in [0.05, 0.1) is 13.7 Å². The highest BCUT2D eigenvalue weighted by Gasteiger charge is 2.09. The number of carbonyl (C=O) groups is 1. The molecule has 80 valence electrons. The van der Waals surface area contributed by atoms with Crippen LogP contribution in [0.4, 0.5) is 0 Å². The van der Waals surface area contributed by atoms with Crippen molar-refractivity contribution in [1.82, 2.24) is 4.98 Å². The molecule has 1 rings (SSSR count). The zero-order chi connectivity index (χ0) is 11.3. The van der Waals surface area contributed by atoms with Crippen molar-refractivity contribution in [3.05, 3.63) is 36.2 Å². The minimum atomic E-state index is -0.471. The summed E-state index contributed by atoms with van der Waals surface area (Å²) < 4.78 is 9.75. The molecule has 0 saturated carbocycles. The second-order valence-corrected chi connectivity index (χ2v) is 2.76. The van der Waals surface area contributed by atoms with Gasteiger partial charge in [0.25, 0.3) is 0 Å². The molecule has 0 bridgehead atoms. The summed E-state index contributed by atoms with van der Waals surface area (Å²) in [6.45, 7) is 6.08. The monoisotopic (exact) mass is 207 g/mol. The van der Waals surface area contributed by atoms with Crippen molar-refractivity contribution in [2.75, 3.05) is 13.7 Å². The zero-order valence-corrected chi connectivity index (χ0v) is 8.82. The molecule has 0 aliphatic carbocycles. The van der Waals surface area contributed by atoms with Gasteiger partial charge < -0.3 is 9.47 Å². The van der Waals surface area contributed by atoms with E-state index in [1.54, 1.807) is 18.2 Å². The maximum absolute atomic E-state index is 11.2. The Morgan fingerprint density at radius 1 is 1.47 bits per heavy atom. The van der Waals surface area contributed by atoms with Crippen molar-refractivity contribution in [1.29, 1.82) is 0 Å². The predicted octanol–water partition coefficient (Wildman–Crippen LogP) is 1.88. The molecular weight excluding hydrogens is 194 g/mol. The maximum Gasteiger partial charge on any atom is 0.356 e. The Morgan fingerprint density at radius 3 is 2.73 bits per heavy atom. The van der Waals surface area contributed by atoms with Crippen molar-refractivity contribution >= 4 is 11.7 Å². The lowest BCUT2D eigenvalue weighted by atomic mass is 10.3. The van der Waals surface area contributed by atoms with Crippen molar-refractivity contribution in [2.24, 2.45) is 0 Å². The second kappa shape index (κ2) is 5.14. The number of aromatic nitrogens is 1. The average molecular weight is 207 g/mol. The summed E-state index contributed by atoms with van der Waals surface area (Å²) in [5.74, 6) is -0.0237. The number of ether oxygens (including phenoxy) is 2. The summed E-state index contributed by atoms with van der Waals surface area (Å²) >= 11 is 0. The molecule has 0 spiro atoms. The van der Waals surface area contributed by atoms with E-state index in [0.29, 0.717) is 18.1 Å². The Bertz CT molecular complexity index is 374. The third kappa shape index (κ3) is 2.80. The summed E-state index contributed by atoms with van der Waals surface area (Å²) in [4.78, 5) is 15.3. The summed E-state index contributed by atoms with van der Waals surface area (Å²) in [6.07, 6.45) is 0. The van der Waals surface area contributed by atoms with Gasteiger partial charge in [0.15, 0.2) is 0 Å². The van der Waals surface area contributed by atoms with Crippen LogP contribution in [0.1, 0.15) is 23.1 Å². The minimum absolute atomic E-state index is 0.246. The van der Waals surface area contributed by atoms with E-state index in [9.17, 15) is 4.79 Å². The quantitative estimate of drug-likeness (QED) is 0.558. The summed E-state index contributed by atoms with van der Waals surface area (Å²) in [7, 11) is 1.31. The molecule has 0 N–H and O–H groups in total. The Kier molecular flexibility index (Phi) is 3.85. The highest BCUT2D eigenvalue weighted by molar-refractivity contribution is 5.87. The number of hydrogen-bond acceptors (Lipinski definition) is 4. The Morgan fingerprint density at radius 2 is 2.13 bits per heavy atom. The number of esters is 1. The van der Waals surface area contributed by atoms with Crippen molar-refractivity contribution in [2.45, 2.75) is 6.92 Å². The number of rotatable bonds is 4. The standard InChI is InChI=1S/C11H13NO3/c1-4-15-8(2)9-6-5-7-10(12-9)11(13)14-3/h5-7H,2,4H2,1,3H3. The van der Waals surface area contributed by atoms with Crippen LogP contribution < -0.4 is 0 Å². The van der Waals surface area contributed by atoms with Crippen LogP contribution in [-0.2, 0) is 9.47 Å². The van der Waals surface area contributed by atoms with Gasteiger partial charge in [0, 0.05) is 0 Å². The van der Waals surface area contributed by atoms with E-state index in [4.69, 9.17) is 4.74 Å². The van der Waals surface area contributed by atoms with Crippen LogP contribution in [-0.4, -0.2) is 24.7 Å². The molecule has 0 amide bonds. The fourth-order valence-corrected chi connectivity index (χ4v) is 1.06. The Balaban J connectivity index is 2.92. The van der Waals surface area contributed by atoms with Crippen molar-refractivity contribution < 1.29 is 14.3 Å². The van der Waals surface area contributed by atoms with Gasteiger partial charge in [0.2, 0.25) is 0 Å². The molecule has 0 fully saturated rings. The molecule has 0 radical (unpaired) electrons. The van der Waals surface area contributed by atoms with Crippen LogP contribution in [0.3, 0.4) is 0 Å². The summed E-state index contributed by atoms with van der Waals surface area (Å²) in [6, 6.07) is 5.01. The SMILES string of the molecule is C=C(OCC)c1cccc(C(=O)OC)n1. The largest absolute Gasteiger partial charge is 0.492 e. The van der Waals surface area contributed by atoms with Gasteiger partial charge in [-0.2, -0.15) is 0 Å².